The number of para-hydroxylation sites is 1. The maximum absolute atomic E-state index is 14.8. The van der Waals surface area contributed by atoms with Crippen LogP contribution in [0.4, 0.5) is 19.3 Å². The Bertz CT molecular complexity index is 2360. The molecule has 2 aromatic heterocycles. The second kappa shape index (κ2) is 15.8. The molecule has 6 heterocycles. The maximum atomic E-state index is 14.8. The van der Waals surface area contributed by atoms with E-state index in [0.29, 0.717) is 47.9 Å². The van der Waals surface area contributed by atoms with E-state index in [-0.39, 0.29) is 30.7 Å². The number of methoxy groups -OCH3 is 2. The minimum Gasteiger partial charge on any atom is -0.469 e. The summed E-state index contributed by atoms with van der Waals surface area (Å²) in [5, 5.41) is 2.49. The maximum Gasteiger partial charge on any atom is 0.407 e. The average molecular weight is 807 g/mol. The molecule has 4 atom stereocenters. The number of H-pyrrole nitrogens is 1. The van der Waals surface area contributed by atoms with Gasteiger partial charge in [0.2, 0.25) is 11.8 Å². The summed E-state index contributed by atoms with van der Waals surface area (Å²) in [7, 11) is 2.51. The van der Waals surface area contributed by atoms with Crippen molar-refractivity contribution in [3.05, 3.63) is 89.8 Å². The monoisotopic (exact) mass is 806 g/mol. The Morgan fingerprint density at radius 1 is 0.949 bits per heavy atom. The van der Waals surface area contributed by atoms with E-state index in [4.69, 9.17) is 9.72 Å². The van der Waals surface area contributed by atoms with Gasteiger partial charge >= 0.3 is 12.1 Å². The molecule has 8 rings (SSSR count). The van der Waals surface area contributed by atoms with Gasteiger partial charge < -0.3 is 29.6 Å². The van der Waals surface area contributed by atoms with E-state index in [1.807, 2.05) is 47.4 Å². The van der Waals surface area contributed by atoms with Crippen LogP contribution in [0.5, 0.6) is 0 Å². The van der Waals surface area contributed by atoms with Crippen molar-refractivity contribution in [1.82, 2.24) is 30.2 Å². The lowest BCUT2D eigenvalue weighted by molar-refractivity contribution is -0.144. The van der Waals surface area contributed by atoms with Crippen molar-refractivity contribution in [3.63, 3.8) is 0 Å². The van der Waals surface area contributed by atoms with Gasteiger partial charge in [0.25, 0.3) is 5.92 Å². The molecule has 59 heavy (non-hydrogen) atoms. The van der Waals surface area contributed by atoms with Gasteiger partial charge in [-0.3, -0.25) is 19.4 Å². The highest BCUT2D eigenvalue weighted by atomic mass is 19.3. The molecule has 2 N–H and O–H groups in total. The molecule has 0 saturated carbocycles. The number of imidazole rings is 1. The molecule has 0 bridgehead atoms. The third-order valence-electron chi connectivity index (χ3n) is 11.6. The van der Waals surface area contributed by atoms with E-state index in [2.05, 4.69) is 30.0 Å². The molecule has 3 amide bonds. The number of amides is 3. The summed E-state index contributed by atoms with van der Waals surface area (Å²) in [5.74, 6) is -3.97. The average Bonchev–Trinajstić information content (AvgIpc) is 4.04. The van der Waals surface area contributed by atoms with Crippen LogP contribution in [0.3, 0.4) is 0 Å². The zero-order valence-corrected chi connectivity index (χ0v) is 33.1. The van der Waals surface area contributed by atoms with Gasteiger partial charge in [0.05, 0.1) is 56.8 Å². The van der Waals surface area contributed by atoms with Gasteiger partial charge in [-0.15, -0.1) is 0 Å². The third-order valence-corrected chi connectivity index (χ3v) is 11.6. The Morgan fingerprint density at radius 3 is 2.39 bits per heavy atom. The van der Waals surface area contributed by atoms with Crippen molar-refractivity contribution in [2.75, 3.05) is 25.7 Å². The fraction of sp³-hybridized carbons (Fsp3) is 0.395. The quantitative estimate of drug-likeness (QED) is 0.180. The zero-order valence-electron chi connectivity index (χ0n) is 33.1. The van der Waals surface area contributed by atoms with E-state index in [9.17, 15) is 28.0 Å². The van der Waals surface area contributed by atoms with Gasteiger partial charge in [-0.05, 0) is 41.0 Å². The molecule has 4 aromatic rings. The molecule has 0 spiro atoms. The molecule has 0 aliphatic carbocycles. The van der Waals surface area contributed by atoms with Crippen molar-refractivity contribution < 1.29 is 37.4 Å². The number of anilines is 1. The number of hydrogen-bond donors (Lipinski definition) is 2. The number of alkyl carbamates (subject to hydrolysis) is 1. The van der Waals surface area contributed by atoms with Crippen LogP contribution in [0.1, 0.15) is 68.1 Å². The number of nitrogens with one attached hydrogen (secondary N) is 2. The molecule has 4 aliphatic rings. The summed E-state index contributed by atoms with van der Waals surface area (Å²) in [6.45, 7) is 2.69. The second-order valence-corrected chi connectivity index (χ2v) is 15.8. The van der Waals surface area contributed by atoms with Crippen LogP contribution in [0.15, 0.2) is 72.2 Å². The fourth-order valence-corrected chi connectivity index (χ4v) is 8.54. The van der Waals surface area contributed by atoms with Crippen molar-refractivity contribution in [2.24, 2.45) is 16.8 Å². The smallest absolute Gasteiger partial charge is 0.407 e. The first-order valence-corrected chi connectivity index (χ1v) is 19.6. The van der Waals surface area contributed by atoms with Gasteiger partial charge in [-0.1, -0.05) is 56.3 Å². The third kappa shape index (κ3) is 7.70. The van der Waals surface area contributed by atoms with E-state index >= 15 is 0 Å². The highest BCUT2D eigenvalue weighted by Gasteiger charge is 2.51. The van der Waals surface area contributed by atoms with Crippen LogP contribution < -0.4 is 10.2 Å². The van der Waals surface area contributed by atoms with Gasteiger partial charge in [-0.25, -0.2) is 28.5 Å². The number of benzene rings is 2. The highest BCUT2D eigenvalue weighted by Crippen LogP contribution is 2.46. The number of likely N-dealkylation sites (tertiary alicyclic amines) is 1. The highest BCUT2D eigenvalue weighted by molar-refractivity contribution is 6.04. The number of esters is 1. The number of halogens is 2. The number of carbonyl (C=O) groups is 4. The Hall–Kier alpha value is -6.32. The predicted molar refractivity (Wildman–Crippen MR) is 213 cm³/mol. The molecule has 16 heteroatoms. The summed E-state index contributed by atoms with van der Waals surface area (Å²) in [4.78, 5) is 76.4. The summed E-state index contributed by atoms with van der Waals surface area (Å²) in [6, 6.07) is 11.3. The predicted octanol–water partition coefficient (Wildman–Crippen LogP) is 6.09. The number of aliphatic imine (C=N–C) groups is 1. The van der Waals surface area contributed by atoms with Crippen LogP contribution in [-0.4, -0.2) is 93.2 Å². The minimum absolute atomic E-state index is 0.0240. The number of nitrogens with zero attached hydrogens (tertiary/aromatic N) is 6. The van der Waals surface area contributed by atoms with E-state index < -0.39 is 54.9 Å². The van der Waals surface area contributed by atoms with Crippen LogP contribution in [0.25, 0.3) is 28.2 Å². The molecule has 1 fully saturated rings. The number of rotatable bonds is 10. The Morgan fingerprint density at radius 2 is 1.68 bits per heavy atom. The molecule has 2 aromatic carbocycles. The SMILES string of the molecule is COC(=O)C[C@H]1CCc2cccc3c2N(C1=O)[C@H](c1ncc(-c2cnc(-c4ccc(C5=CN=C([C@@H]6CC(F)(F)CN6C(=O)[C@@H](NC(=O)OC)C(C)C)C5)cc4)nc2)[nH]1)C3. The van der Waals surface area contributed by atoms with Gasteiger partial charge in [-0.2, -0.15) is 0 Å². The standard InChI is InChI=1S/C43H44F2N8O6/c1-23(2)36(51-42(57)59-4)41(56)52-22-43(44,45)17-34(52)31-14-29(18-46-31)24-8-11-26(12-9-24)38-47-19-30(20-48-38)32-21-49-39(50-32)33-15-27-7-5-6-25-10-13-28(16-35(54)58-3)40(55)53(33)37(25)27/h5-9,11-12,18-21,23,28,33-34,36H,10,13-17,22H2,1-4H3,(H,49,50)(H,51,57)/t28-,33+,34+,36+/m1/s1. The fourth-order valence-electron chi connectivity index (χ4n) is 8.54. The molecule has 4 aliphatic heterocycles. The topological polar surface area (TPSA) is 172 Å². The van der Waals surface area contributed by atoms with Crippen LogP contribution >= 0.6 is 0 Å². The molecule has 0 unspecified atom stereocenters. The zero-order chi connectivity index (χ0) is 41.6. The summed E-state index contributed by atoms with van der Waals surface area (Å²) < 4.78 is 39.2. The number of alkyl halides is 2. The molecule has 14 nitrogen and oxygen atoms in total. The lowest BCUT2D eigenvalue weighted by atomic mass is 9.95. The van der Waals surface area contributed by atoms with Crippen LogP contribution in [0, 0.1) is 11.8 Å². The van der Waals surface area contributed by atoms with Crippen molar-refractivity contribution in [3.8, 4) is 22.6 Å². The van der Waals surface area contributed by atoms with Gasteiger partial charge in [0.1, 0.15) is 11.9 Å². The Balaban J connectivity index is 0.934. The largest absolute Gasteiger partial charge is 0.469 e. The number of hydrogen-bond acceptors (Lipinski definition) is 10. The first kappa shape index (κ1) is 39.5. The number of aryl methyl sites for hydroxylation is 1. The van der Waals surface area contributed by atoms with Gasteiger partial charge in [0.15, 0.2) is 5.82 Å². The number of allylic oxidation sites excluding steroid dienone is 1. The van der Waals surface area contributed by atoms with Crippen molar-refractivity contribution >= 4 is 40.8 Å². The second-order valence-electron chi connectivity index (χ2n) is 15.8. The van der Waals surface area contributed by atoms with Gasteiger partial charge in [0, 0.05) is 60.6 Å². The minimum atomic E-state index is -3.10. The molecule has 1 saturated heterocycles. The van der Waals surface area contributed by atoms with E-state index in [1.54, 1.807) is 38.6 Å². The summed E-state index contributed by atoms with van der Waals surface area (Å²) in [6.07, 6.45) is 7.53. The lowest BCUT2D eigenvalue weighted by Gasteiger charge is -2.30. The number of ether oxygens (including phenoxy) is 2. The van der Waals surface area contributed by atoms with Crippen molar-refractivity contribution in [2.45, 2.75) is 76.4 Å². The number of aromatic nitrogens is 4. The Labute approximate surface area is 339 Å². The molecular formula is C43H44F2N8O6. The number of aromatic amines is 1. The number of carbonyl (C=O) groups excluding carboxylic acids is 4. The van der Waals surface area contributed by atoms with Crippen LogP contribution in [-0.2, 0) is 36.7 Å². The molecular weight excluding hydrogens is 763 g/mol. The normalized spacial score (nSPS) is 21.1. The molecule has 306 valence electrons. The first-order valence-electron chi connectivity index (χ1n) is 19.6. The first-order chi connectivity index (χ1) is 28.3. The van der Waals surface area contributed by atoms with Crippen LogP contribution in [0.2, 0.25) is 0 Å². The van der Waals surface area contributed by atoms with Crippen molar-refractivity contribution in [1.29, 1.82) is 0 Å². The van der Waals surface area contributed by atoms with E-state index in [0.717, 1.165) is 38.4 Å². The van der Waals surface area contributed by atoms with E-state index in [1.165, 1.54) is 14.2 Å². The summed E-state index contributed by atoms with van der Waals surface area (Å²) >= 11 is 0. The molecule has 0 radical (unpaired) electrons. The Kier molecular flexibility index (Phi) is 10.6. The lowest BCUT2D eigenvalue weighted by Crippen LogP contribution is -2.54. The summed E-state index contributed by atoms with van der Waals surface area (Å²) in [5.41, 5.74) is 7.32.